The molecule has 3 nitrogen and oxygen atoms in total. The first-order valence-electron chi connectivity index (χ1n) is 5.91. The molecule has 0 saturated heterocycles. The number of nitrogens with two attached hydrogens (primary N) is 1. The number of hydrogen-bond acceptors (Lipinski definition) is 2. The van der Waals surface area contributed by atoms with Crippen LogP contribution in [0.3, 0.4) is 0 Å². The molecule has 1 amide bonds. The van der Waals surface area contributed by atoms with Crippen molar-refractivity contribution in [2.45, 2.75) is 26.1 Å². The molecule has 1 aromatic rings. The number of carbonyl (C=O) groups is 1. The summed E-state index contributed by atoms with van der Waals surface area (Å²) in [6.45, 7) is 6.94. The minimum Gasteiger partial charge on any atom is -0.449 e. The van der Waals surface area contributed by atoms with Gasteiger partial charge in [-0.15, -0.1) is 5.54 Å². The summed E-state index contributed by atoms with van der Waals surface area (Å²) in [6.07, 6.45) is -0.0736. The van der Waals surface area contributed by atoms with Crippen LogP contribution in [0.1, 0.15) is 11.1 Å². The Morgan fingerprint density at radius 3 is 2.72 bits per heavy atom. The van der Waals surface area contributed by atoms with Gasteiger partial charge in [-0.2, -0.15) is 0 Å². The first kappa shape index (κ1) is 14.3. The Kier molecular flexibility index (Phi) is 4.99. The Balaban J connectivity index is 2.67. The molecule has 0 spiro atoms. The molecule has 1 aromatic carbocycles. The third-order valence-electron chi connectivity index (χ3n) is 2.14. The van der Waals surface area contributed by atoms with Gasteiger partial charge in [0.1, 0.15) is 8.07 Å². The van der Waals surface area contributed by atoms with Gasteiger partial charge in [0, 0.05) is 12.0 Å². The van der Waals surface area contributed by atoms with Gasteiger partial charge in [0.2, 0.25) is 0 Å². The normalized spacial score (nSPS) is 10.4. The number of amides is 1. The monoisotopic (exact) mass is 261 g/mol. The lowest BCUT2D eigenvalue weighted by atomic mass is 10.1. The summed E-state index contributed by atoms with van der Waals surface area (Å²) < 4.78 is 4.71. The topological polar surface area (TPSA) is 52.3 Å². The second kappa shape index (κ2) is 6.27. The molecule has 4 heteroatoms. The van der Waals surface area contributed by atoms with Gasteiger partial charge in [0.05, 0.1) is 6.61 Å². The molecular weight excluding hydrogens is 242 g/mol. The van der Waals surface area contributed by atoms with E-state index >= 15 is 0 Å². The SMILES string of the molecule is C[Si](C)(C)C#Cc1cccc(CCOC(N)=O)c1. The van der Waals surface area contributed by atoms with Crippen LogP contribution in [0.5, 0.6) is 0 Å². The van der Waals surface area contributed by atoms with E-state index in [9.17, 15) is 4.79 Å². The minimum atomic E-state index is -1.34. The fraction of sp³-hybridized carbons (Fsp3) is 0.357. The Morgan fingerprint density at radius 1 is 1.39 bits per heavy atom. The Hall–Kier alpha value is -1.73. The van der Waals surface area contributed by atoms with Crippen molar-refractivity contribution in [3.8, 4) is 11.5 Å². The third kappa shape index (κ3) is 6.11. The van der Waals surface area contributed by atoms with Crippen molar-refractivity contribution >= 4 is 14.2 Å². The summed E-state index contributed by atoms with van der Waals surface area (Å²) in [4.78, 5) is 10.5. The molecule has 18 heavy (non-hydrogen) atoms. The molecule has 0 saturated carbocycles. The van der Waals surface area contributed by atoms with Crippen LogP contribution in [0.2, 0.25) is 19.6 Å². The van der Waals surface area contributed by atoms with E-state index in [0.29, 0.717) is 13.0 Å². The molecule has 0 radical (unpaired) electrons. The summed E-state index contributed by atoms with van der Waals surface area (Å²) in [6, 6.07) is 7.97. The largest absolute Gasteiger partial charge is 0.449 e. The number of carbonyl (C=O) groups excluding carboxylic acids is 1. The van der Waals surface area contributed by atoms with Crippen molar-refractivity contribution in [1.82, 2.24) is 0 Å². The summed E-state index contributed by atoms with van der Waals surface area (Å²) in [5.74, 6) is 3.20. The first-order valence-corrected chi connectivity index (χ1v) is 9.41. The molecule has 0 aromatic heterocycles. The highest BCUT2D eigenvalue weighted by molar-refractivity contribution is 6.83. The summed E-state index contributed by atoms with van der Waals surface area (Å²) >= 11 is 0. The van der Waals surface area contributed by atoms with Crippen LogP contribution in [-0.2, 0) is 11.2 Å². The molecule has 96 valence electrons. The highest BCUT2D eigenvalue weighted by atomic mass is 28.3. The van der Waals surface area contributed by atoms with Crippen LogP contribution in [0.15, 0.2) is 24.3 Å². The van der Waals surface area contributed by atoms with Gasteiger partial charge in [-0.25, -0.2) is 4.79 Å². The van der Waals surface area contributed by atoms with Gasteiger partial charge in [-0.05, 0) is 17.7 Å². The molecule has 2 N–H and O–H groups in total. The Bertz CT molecular complexity index is 481. The van der Waals surface area contributed by atoms with E-state index in [1.165, 1.54) is 0 Å². The second-order valence-electron chi connectivity index (χ2n) is 5.12. The maximum Gasteiger partial charge on any atom is 0.404 e. The molecule has 0 atom stereocenters. The lowest BCUT2D eigenvalue weighted by molar-refractivity contribution is 0.158. The van der Waals surface area contributed by atoms with Crippen LogP contribution in [0.4, 0.5) is 4.79 Å². The molecule has 0 aliphatic heterocycles. The first-order chi connectivity index (χ1) is 8.37. The maximum absolute atomic E-state index is 10.5. The highest BCUT2D eigenvalue weighted by Crippen LogP contribution is 2.06. The van der Waals surface area contributed by atoms with Crippen molar-refractivity contribution < 1.29 is 9.53 Å². The standard InChI is InChI=1S/C14H19NO2Si/c1-18(2,3)10-8-13-6-4-5-12(11-13)7-9-17-14(15)16/h4-6,11H,7,9H2,1-3H3,(H2,15,16). The number of hydrogen-bond donors (Lipinski definition) is 1. The third-order valence-corrected chi connectivity index (χ3v) is 3.02. The number of benzene rings is 1. The molecular formula is C14H19NO2Si. The zero-order chi connectivity index (χ0) is 13.6. The van der Waals surface area contributed by atoms with Crippen LogP contribution in [0, 0.1) is 11.5 Å². The number of ether oxygens (including phenoxy) is 1. The quantitative estimate of drug-likeness (QED) is 0.671. The summed E-state index contributed by atoms with van der Waals surface area (Å²) in [5.41, 5.74) is 10.3. The van der Waals surface area contributed by atoms with Gasteiger partial charge >= 0.3 is 6.09 Å². The lowest BCUT2D eigenvalue weighted by Crippen LogP contribution is -2.16. The summed E-state index contributed by atoms with van der Waals surface area (Å²) in [5, 5.41) is 0. The predicted octanol–water partition coefficient (Wildman–Crippen LogP) is 2.55. The molecule has 0 unspecified atom stereocenters. The molecule has 0 fully saturated rings. The van der Waals surface area contributed by atoms with Crippen LogP contribution < -0.4 is 5.73 Å². The van der Waals surface area contributed by atoms with Gasteiger partial charge in [0.25, 0.3) is 0 Å². The van der Waals surface area contributed by atoms with Gasteiger partial charge in [-0.1, -0.05) is 37.7 Å². The van der Waals surface area contributed by atoms with Crippen LogP contribution in [0.25, 0.3) is 0 Å². The molecule has 0 bridgehead atoms. The van der Waals surface area contributed by atoms with Gasteiger partial charge in [0.15, 0.2) is 0 Å². The van der Waals surface area contributed by atoms with Crippen molar-refractivity contribution in [2.75, 3.05) is 6.61 Å². The van der Waals surface area contributed by atoms with Crippen molar-refractivity contribution in [1.29, 1.82) is 0 Å². The Labute approximate surface area is 109 Å². The number of rotatable bonds is 3. The van der Waals surface area contributed by atoms with E-state index < -0.39 is 14.2 Å². The van der Waals surface area contributed by atoms with Crippen molar-refractivity contribution in [2.24, 2.45) is 5.73 Å². The molecule has 0 heterocycles. The molecule has 0 aliphatic rings. The summed E-state index contributed by atoms with van der Waals surface area (Å²) in [7, 11) is -1.34. The van der Waals surface area contributed by atoms with Gasteiger partial charge in [-0.3, -0.25) is 0 Å². The van der Waals surface area contributed by atoms with E-state index in [1.54, 1.807) is 0 Å². The zero-order valence-electron chi connectivity index (χ0n) is 11.1. The maximum atomic E-state index is 10.5. The predicted molar refractivity (Wildman–Crippen MR) is 75.9 cm³/mol. The minimum absolute atomic E-state index is 0.306. The van der Waals surface area contributed by atoms with Crippen molar-refractivity contribution in [3.63, 3.8) is 0 Å². The lowest BCUT2D eigenvalue weighted by Gasteiger charge is -2.04. The zero-order valence-corrected chi connectivity index (χ0v) is 12.1. The van der Waals surface area contributed by atoms with Crippen LogP contribution in [-0.4, -0.2) is 20.8 Å². The molecule has 0 aliphatic carbocycles. The molecule has 1 rings (SSSR count). The van der Waals surface area contributed by atoms with Crippen LogP contribution >= 0.6 is 0 Å². The number of primary amides is 1. The second-order valence-corrected chi connectivity index (χ2v) is 9.87. The fourth-order valence-corrected chi connectivity index (χ4v) is 1.85. The van der Waals surface area contributed by atoms with E-state index in [0.717, 1.165) is 11.1 Å². The van der Waals surface area contributed by atoms with E-state index in [-0.39, 0.29) is 0 Å². The van der Waals surface area contributed by atoms with E-state index in [4.69, 9.17) is 10.5 Å². The van der Waals surface area contributed by atoms with E-state index in [2.05, 4.69) is 31.1 Å². The van der Waals surface area contributed by atoms with Gasteiger partial charge < -0.3 is 10.5 Å². The van der Waals surface area contributed by atoms with Crippen molar-refractivity contribution in [3.05, 3.63) is 35.4 Å². The fourth-order valence-electron chi connectivity index (χ4n) is 1.33. The average Bonchev–Trinajstić information content (AvgIpc) is 2.26. The average molecular weight is 261 g/mol. The van der Waals surface area contributed by atoms with E-state index in [1.807, 2.05) is 24.3 Å². The highest BCUT2D eigenvalue weighted by Gasteiger charge is 2.07. The Morgan fingerprint density at radius 2 is 2.11 bits per heavy atom. The smallest absolute Gasteiger partial charge is 0.404 e.